The second-order valence-electron chi connectivity index (χ2n) is 6.61. The van der Waals surface area contributed by atoms with Crippen molar-refractivity contribution in [2.75, 3.05) is 36.0 Å². The van der Waals surface area contributed by atoms with E-state index in [2.05, 4.69) is 35.6 Å². The molecule has 0 unspecified atom stereocenters. The lowest BCUT2D eigenvalue weighted by atomic mass is 10.1. The van der Waals surface area contributed by atoms with E-state index in [4.69, 9.17) is 0 Å². The van der Waals surface area contributed by atoms with E-state index in [1.54, 1.807) is 6.33 Å². The topological polar surface area (TPSA) is 70.3 Å². The largest absolute Gasteiger partial charge is 0.394 e. The van der Waals surface area contributed by atoms with Crippen LogP contribution in [-0.4, -0.2) is 57.1 Å². The summed E-state index contributed by atoms with van der Waals surface area (Å²) in [4.78, 5) is 13.4. The highest BCUT2D eigenvalue weighted by Gasteiger charge is 2.26. The summed E-state index contributed by atoms with van der Waals surface area (Å²) in [5.41, 5.74) is 0. The minimum atomic E-state index is 0.189. The molecule has 0 saturated carbocycles. The van der Waals surface area contributed by atoms with E-state index in [0.717, 1.165) is 57.0 Å². The monoisotopic (exact) mass is 328 g/mol. The summed E-state index contributed by atoms with van der Waals surface area (Å²) in [5.74, 6) is 1.92. The highest BCUT2D eigenvalue weighted by molar-refractivity contribution is 5.51. The smallest absolute Gasteiger partial charge is 0.134 e. The van der Waals surface area contributed by atoms with Crippen molar-refractivity contribution in [3.05, 3.63) is 30.9 Å². The average Bonchev–Trinajstić information content (AvgIpc) is 3.33. The van der Waals surface area contributed by atoms with Crippen molar-refractivity contribution in [3.8, 4) is 0 Å². The number of rotatable bonds is 4. The van der Waals surface area contributed by atoms with Gasteiger partial charge in [0.05, 0.1) is 18.7 Å². The molecular formula is C17H24N6O. The van der Waals surface area contributed by atoms with Crippen LogP contribution in [0.4, 0.5) is 11.6 Å². The second kappa shape index (κ2) is 6.76. The molecule has 2 saturated heterocycles. The summed E-state index contributed by atoms with van der Waals surface area (Å²) in [6.45, 7) is 3.10. The molecule has 4 heterocycles. The van der Waals surface area contributed by atoms with Gasteiger partial charge in [-0.2, -0.15) is 5.10 Å². The van der Waals surface area contributed by atoms with Crippen LogP contribution in [0.15, 0.2) is 30.9 Å². The van der Waals surface area contributed by atoms with Crippen molar-refractivity contribution in [3.63, 3.8) is 0 Å². The highest BCUT2D eigenvalue weighted by atomic mass is 16.3. The molecule has 7 nitrogen and oxygen atoms in total. The van der Waals surface area contributed by atoms with Crippen molar-refractivity contribution in [2.45, 2.75) is 37.8 Å². The number of anilines is 2. The second-order valence-corrected chi connectivity index (χ2v) is 6.61. The van der Waals surface area contributed by atoms with Crippen LogP contribution in [0.25, 0.3) is 0 Å². The lowest BCUT2D eigenvalue weighted by Gasteiger charge is -2.33. The molecule has 0 amide bonds. The van der Waals surface area contributed by atoms with E-state index in [9.17, 15) is 5.11 Å². The molecule has 2 aromatic rings. The molecule has 1 N–H and O–H groups in total. The molecular weight excluding hydrogens is 304 g/mol. The maximum atomic E-state index is 9.53. The van der Waals surface area contributed by atoms with Gasteiger partial charge in [-0.25, -0.2) is 9.97 Å². The summed E-state index contributed by atoms with van der Waals surface area (Å²) in [5, 5.41) is 13.9. The summed E-state index contributed by atoms with van der Waals surface area (Å²) in [6, 6.07) is 4.73. The van der Waals surface area contributed by atoms with E-state index in [0.29, 0.717) is 6.04 Å². The van der Waals surface area contributed by atoms with Gasteiger partial charge in [-0.05, 0) is 31.7 Å². The predicted octanol–water partition coefficient (Wildman–Crippen LogP) is 1.48. The summed E-state index contributed by atoms with van der Waals surface area (Å²) in [6.07, 6.45) is 9.83. The van der Waals surface area contributed by atoms with E-state index >= 15 is 0 Å². The molecule has 2 aromatic heterocycles. The maximum Gasteiger partial charge on any atom is 0.134 e. The number of aliphatic hydroxyl groups excluding tert-OH is 1. The van der Waals surface area contributed by atoms with Crippen LogP contribution in [0.3, 0.4) is 0 Å². The summed E-state index contributed by atoms with van der Waals surface area (Å²) < 4.78 is 2.07. The fourth-order valence-electron chi connectivity index (χ4n) is 3.85. The number of hydrogen-bond donors (Lipinski definition) is 1. The van der Waals surface area contributed by atoms with Crippen LogP contribution in [-0.2, 0) is 0 Å². The third-order valence-electron chi connectivity index (χ3n) is 5.21. The Kier molecular flexibility index (Phi) is 4.34. The molecule has 2 fully saturated rings. The predicted molar refractivity (Wildman–Crippen MR) is 92.2 cm³/mol. The van der Waals surface area contributed by atoms with Crippen LogP contribution >= 0.6 is 0 Å². The van der Waals surface area contributed by atoms with Gasteiger partial charge in [0, 0.05) is 38.1 Å². The van der Waals surface area contributed by atoms with Crippen LogP contribution < -0.4 is 9.80 Å². The Bertz CT molecular complexity index is 653. The molecule has 2 aliphatic rings. The van der Waals surface area contributed by atoms with E-state index in [1.807, 2.05) is 18.5 Å². The molecule has 1 atom stereocenters. The lowest BCUT2D eigenvalue weighted by molar-refractivity contribution is 0.266. The Labute approximate surface area is 141 Å². The molecule has 0 aromatic carbocycles. The molecule has 0 bridgehead atoms. The zero-order valence-electron chi connectivity index (χ0n) is 13.8. The Hall–Kier alpha value is -2.15. The third-order valence-corrected chi connectivity index (χ3v) is 5.21. The van der Waals surface area contributed by atoms with Crippen LogP contribution in [0.5, 0.6) is 0 Å². The summed E-state index contributed by atoms with van der Waals surface area (Å²) >= 11 is 0. The van der Waals surface area contributed by atoms with Gasteiger partial charge in [0.2, 0.25) is 0 Å². The molecule has 0 spiro atoms. The first-order valence-electron chi connectivity index (χ1n) is 8.79. The standard InChI is InChI=1S/C17H24N6O/c24-12-15-3-1-7-22(15)17-11-16(18-13-19-17)21-9-4-14(5-10-21)23-8-2-6-20-23/h2,6,8,11,13-15,24H,1,3-5,7,9-10,12H2/t15-/m0/s1. The van der Waals surface area contributed by atoms with Crippen molar-refractivity contribution in [1.29, 1.82) is 0 Å². The lowest BCUT2D eigenvalue weighted by Crippen LogP contribution is -2.36. The molecule has 24 heavy (non-hydrogen) atoms. The molecule has 7 heteroatoms. The van der Waals surface area contributed by atoms with Crippen LogP contribution in [0, 0.1) is 0 Å². The van der Waals surface area contributed by atoms with E-state index in [-0.39, 0.29) is 12.6 Å². The van der Waals surface area contributed by atoms with Gasteiger partial charge in [0.25, 0.3) is 0 Å². The van der Waals surface area contributed by atoms with Gasteiger partial charge in [0.1, 0.15) is 18.0 Å². The van der Waals surface area contributed by atoms with Gasteiger partial charge in [-0.1, -0.05) is 0 Å². The molecule has 4 rings (SSSR count). The first kappa shape index (κ1) is 15.4. The van der Waals surface area contributed by atoms with Gasteiger partial charge in [-0.15, -0.1) is 0 Å². The van der Waals surface area contributed by atoms with Crippen molar-refractivity contribution in [1.82, 2.24) is 19.7 Å². The van der Waals surface area contributed by atoms with E-state index < -0.39 is 0 Å². The number of aromatic nitrogens is 4. The van der Waals surface area contributed by atoms with Crippen molar-refractivity contribution >= 4 is 11.6 Å². The first-order valence-corrected chi connectivity index (χ1v) is 8.79. The fourth-order valence-corrected chi connectivity index (χ4v) is 3.85. The Morgan fingerprint density at radius 2 is 1.92 bits per heavy atom. The van der Waals surface area contributed by atoms with E-state index in [1.165, 1.54) is 0 Å². The molecule has 0 radical (unpaired) electrons. The Morgan fingerprint density at radius 1 is 1.08 bits per heavy atom. The molecule has 0 aliphatic carbocycles. The SMILES string of the molecule is OC[C@@H]1CCCN1c1cc(N2CCC(n3cccn3)CC2)ncn1. The van der Waals surface area contributed by atoms with Crippen LogP contribution in [0.1, 0.15) is 31.7 Å². The zero-order valence-corrected chi connectivity index (χ0v) is 13.8. The molecule has 128 valence electrons. The number of hydrogen-bond acceptors (Lipinski definition) is 6. The summed E-state index contributed by atoms with van der Waals surface area (Å²) in [7, 11) is 0. The van der Waals surface area contributed by atoms with Crippen molar-refractivity contribution in [2.24, 2.45) is 0 Å². The minimum absolute atomic E-state index is 0.189. The number of nitrogens with zero attached hydrogens (tertiary/aromatic N) is 6. The maximum absolute atomic E-state index is 9.53. The number of aliphatic hydroxyl groups is 1. The Morgan fingerprint density at radius 3 is 2.67 bits per heavy atom. The van der Waals surface area contributed by atoms with Gasteiger partial charge >= 0.3 is 0 Å². The molecule has 2 aliphatic heterocycles. The highest BCUT2D eigenvalue weighted by Crippen LogP contribution is 2.28. The normalized spacial score (nSPS) is 22.3. The van der Waals surface area contributed by atoms with Gasteiger partial charge in [0.15, 0.2) is 0 Å². The first-order chi connectivity index (χ1) is 11.8. The van der Waals surface area contributed by atoms with Gasteiger partial charge in [-0.3, -0.25) is 4.68 Å². The quantitative estimate of drug-likeness (QED) is 0.917. The average molecular weight is 328 g/mol. The van der Waals surface area contributed by atoms with Gasteiger partial charge < -0.3 is 14.9 Å². The fraction of sp³-hybridized carbons (Fsp3) is 0.588. The zero-order chi connectivity index (χ0) is 16.4. The number of piperidine rings is 1. The van der Waals surface area contributed by atoms with Crippen LogP contribution in [0.2, 0.25) is 0 Å². The minimum Gasteiger partial charge on any atom is -0.394 e. The Balaban J connectivity index is 1.45. The third kappa shape index (κ3) is 2.96. The van der Waals surface area contributed by atoms with Crippen molar-refractivity contribution < 1.29 is 5.11 Å².